The molecule has 0 aliphatic heterocycles. The van der Waals surface area contributed by atoms with Crippen LogP contribution >= 0.6 is 0 Å². The number of hydrogen-bond donors (Lipinski definition) is 1. The zero-order valence-electron chi connectivity index (χ0n) is 14.1. The molecule has 3 rings (SSSR count). The summed E-state index contributed by atoms with van der Waals surface area (Å²) < 4.78 is 28.5. The lowest BCUT2D eigenvalue weighted by molar-refractivity contribution is -0.0498. The summed E-state index contributed by atoms with van der Waals surface area (Å²) in [5, 5.41) is 2.65. The summed E-state index contributed by atoms with van der Waals surface area (Å²) in [4.78, 5) is 24.6. The van der Waals surface area contributed by atoms with Gasteiger partial charge in [-0.05, 0) is 36.4 Å². The minimum absolute atomic E-state index is 0.00627. The second kappa shape index (κ2) is 8.23. The number of nitrogens with one attached hydrogen (secondary N) is 1. The van der Waals surface area contributed by atoms with Gasteiger partial charge in [-0.15, -0.1) is 0 Å². The summed E-state index contributed by atoms with van der Waals surface area (Å²) in [5.74, 6) is -0.500. The number of carbonyl (C=O) groups is 2. The molecular weight excluding hydrogens is 352 g/mol. The molecule has 6 heteroatoms. The minimum atomic E-state index is -2.90. The number of carbonyl (C=O) groups excluding carboxylic acids is 2. The number of rotatable bonds is 6. The Bertz CT molecular complexity index is 924. The van der Waals surface area contributed by atoms with Crippen LogP contribution < -0.4 is 10.1 Å². The Morgan fingerprint density at radius 1 is 0.741 bits per heavy atom. The summed E-state index contributed by atoms with van der Waals surface area (Å²) in [6.45, 7) is -2.90. The van der Waals surface area contributed by atoms with Gasteiger partial charge in [0.1, 0.15) is 5.75 Å². The smallest absolute Gasteiger partial charge is 0.387 e. The maximum atomic E-state index is 12.4. The molecule has 3 aromatic carbocycles. The van der Waals surface area contributed by atoms with Crippen LogP contribution in [0.15, 0.2) is 78.9 Å². The number of halogens is 2. The van der Waals surface area contributed by atoms with Crippen molar-refractivity contribution in [1.29, 1.82) is 0 Å². The Labute approximate surface area is 154 Å². The van der Waals surface area contributed by atoms with E-state index in [4.69, 9.17) is 0 Å². The quantitative estimate of drug-likeness (QED) is 0.639. The van der Waals surface area contributed by atoms with Crippen molar-refractivity contribution in [3.8, 4) is 5.75 Å². The van der Waals surface area contributed by atoms with Gasteiger partial charge in [0.25, 0.3) is 5.91 Å². The molecule has 0 atom stereocenters. The predicted molar refractivity (Wildman–Crippen MR) is 97.3 cm³/mol. The van der Waals surface area contributed by atoms with Crippen molar-refractivity contribution in [2.24, 2.45) is 0 Å². The Kier molecular flexibility index (Phi) is 5.56. The molecule has 0 unspecified atom stereocenters. The molecule has 0 aliphatic carbocycles. The molecule has 3 aromatic rings. The van der Waals surface area contributed by atoms with E-state index in [2.05, 4.69) is 10.1 Å². The molecule has 1 amide bonds. The standard InChI is InChI=1S/C21H15F2NO3/c22-21(23)27-18-12-10-17(11-13-18)24-20(26)16-8-6-15(7-9-16)19(25)14-4-2-1-3-5-14/h1-13,21H,(H,24,26). The van der Waals surface area contributed by atoms with Crippen LogP contribution in [0.1, 0.15) is 26.3 Å². The van der Waals surface area contributed by atoms with Crippen LogP contribution in [-0.2, 0) is 0 Å². The maximum Gasteiger partial charge on any atom is 0.387 e. The van der Waals surface area contributed by atoms with Crippen molar-refractivity contribution in [2.75, 3.05) is 5.32 Å². The summed E-state index contributed by atoms with van der Waals surface area (Å²) >= 11 is 0. The van der Waals surface area contributed by atoms with Gasteiger partial charge in [-0.3, -0.25) is 9.59 Å². The molecule has 0 heterocycles. The molecule has 0 radical (unpaired) electrons. The van der Waals surface area contributed by atoms with Gasteiger partial charge in [0, 0.05) is 22.4 Å². The van der Waals surface area contributed by atoms with E-state index in [9.17, 15) is 18.4 Å². The summed E-state index contributed by atoms with van der Waals surface area (Å²) in [7, 11) is 0. The largest absolute Gasteiger partial charge is 0.435 e. The van der Waals surface area contributed by atoms with Gasteiger partial charge in [0.15, 0.2) is 5.78 Å². The molecule has 0 saturated carbocycles. The second-order valence-corrected chi connectivity index (χ2v) is 5.63. The van der Waals surface area contributed by atoms with E-state index in [-0.39, 0.29) is 17.4 Å². The van der Waals surface area contributed by atoms with Crippen molar-refractivity contribution in [1.82, 2.24) is 0 Å². The van der Waals surface area contributed by atoms with Crippen LogP contribution in [0, 0.1) is 0 Å². The number of ketones is 1. The lowest BCUT2D eigenvalue weighted by Gasteiger charge is -2.08. The highest BCUT2D eigenvalue weighted by molar-refractivity contribution is 6.10. The average Bonchev–Trinajstić information content (AvgIpc) is 2.69. The Morgan fingerprint density at radius 2 is 1.30 bits per heavy atom. The van der Waals surface area contributed by atoms with Crippen LogP contribution in [0.4, 0.5) is 14.5 Å². The maximum absolute atomic E-state index is 12.4. The van der Waals surface area contributed by atoms with Crippen molar-refractivity contribution in [3.05, 3.63) is 95.6 Å². The van der Waals surface area contributed by atoms with Crippen molar-refractivity contribution in [3.63, 3.8) is 0 Å². The van der Waals surface area contributed by atoms with Gasteiger partial charge in [-0.2, -0.15) is 8.78 Å². The third-order valence-electron chi connectivity index (χ3n) is 3.78. The van der Waals surface area contributed by atoms with Crippen LogP contribution in [-0.4, -0.2) is 18.3 Å². The molecule has 27 heavy (non-hydrogen) atoms. The molecule has 0 fully saturated rings. The van der Waals surface area contributed by atoms with Gasteiger partial charge >= 0.3 is 6.61 Å². The van der Waals surface area contributed by atoms with E-state index in [0.717, 1.165) is 0 Å². The van der Waals surface area contributed by atoms with E-state index in [1.165, 1.54) is 24.3 Å². The predicted octanol–water partition coefficient (Wildman–Crippen LogP) is 4.77. The zero-order chi connectivity index (χ0) is 19.2. The number of alkyl halides is 2. The fourth-order valence-corrected chi connectivity index (χ4v) is 2.45. The summed E-state index contributed by atoms with van der Waals surface area (Å²) in [5.41, 5.74) is 1.85. The first-order chi connectivity index (χ1) is 13.0. The van der Waals surface area contributed by atoms with Gasteiger partial charge in [-0.1, -0.05) is 42.5 Å². The van der Waals surface area contributed by atoms with E-state index in [0.29, 0.717) is 22.4 Å². The van der Waals surface area contributed by atoms with Crippen LogP contribution in [0.2, 0.25) is 0 Å². The average molecular weight is 367 g/mol. The fourth-order valence-electron chi connectivity index (χ4n) is 2.45. The molecule has 0 bridgehead atoms. The monoisotopic (exact) mass is 367 g/mol. The van der Waals surface area contributed by atoms with Crippen molar-refractivity contribution < 1.29 is 23.1 Å². The number of ether oxygens (including phenoxy) is 1. The van der Waals surface area contributed by atoms with Gasteiger partial charge in [-0.25, -0.2) is 0 Å². The van der Waals surface area contributed by atoms with E-state index >= 15 is 0 Å². The molecular formula is C21H15F2NO3. The van der Waals surface area contributed by atoms with Crippen molar-refractivity contribution in [2.45, 2.75) is 6.61 Å². The zero-order valence-corrected chi connectivity index (χ0v) is 14.1. The number of benzene rings is 3. The van der Waals surface area contributed by atoms with Crippen molar-refractivity contribution >= 4 is 17.4 Å². The highest BCUT2D eigenvalue weighted by Crippen LogP contribution is 2.18. The van der Waals surface area contributed by atoms with E-state index in [1.807, 2.05) is 6.07 Å². The van der Waals surface area contributed by atoms with Gasteiger partial charge in [0.2, 0.25) is 0 Å². The first kappa shape index (κ1) is 18.3. The fraction of sp³-hybridized carbons (Fsp3) is 0.0476. The van der Waals surface area contributed by atoms with E-state index in [1.54, 1.807) is 48.5 Å². The molecule has 136 valence electrons. The molecule has 4 nitrogen and oxygen atoms in total. The Morgan fingerprint density at radius 3 is 1.89 bits per heavy atom. The third kappa shape index (κ3) is 4.76. The summed E-state index contributed by atoms with van der Waals surface area (Å²) in [6.07, 6.45) is 0. The van der Waals surface area contributed by atoms with Crippen LogP contribution in [0.3, 0.4) is 0 Å². The lowest BCUT2D eigenvalue weighted by Crippen LogP contribution is -2.12. The normalized spacial score (nSPS) is 10.5. The Hall–Kier alpha value is -3.54. The lowest BCUT2D eigenvalue weighted by atomic mass is 10.0. The molecule has 0 aliphatic rings. The third-order valence-corrected chi connectivity index (χ3v) is 3.78. The van der Waals surface area contributed by atoms with Gasteiger partial charge < -0.3 is 10.1 Å². The molecule has 1 N–H and O–H groups in total. The number of hydrogen-bond acceptors (Lipinski definition) is 3. The molecule has 0 aromatic heterocycles. The van der Waals surface area contributed by atoms with Crippen LogP contribution in [0.5, 0.6) is 5.75 Å². The number of amides is 1. The first-order valence-corrected chi connectivity index (χ1v) is 8.09. The van der Waals surface area contributed by atoms with Crippen LogP contribution in [0.25, 0.3) is 0 Å². The summed E-state index contributed by atoms with van der Waals surface area (Å²) in [6, 6.07) is 20.7. The molecule has 0 spiro atoms. The highest BCUT2D eigenvalue weighted by atomic mass is 19.3. The highest BCUT2D eigenvalue weighted by Gasteiger charge is 2.11. The second-order valence-electron chi connectivity index (χ2n) is 5.63. The SMILES string of the molecule is O=C(Nc1ccc(OC(F)F)cc1)c1ccc(C(=O)c2ccccc2)cc1. The van der Waals surface area contributed by atoms with Gasteiger partial charge in [0.05, 0.1) is 0 Å². The van der Waals surface area contributed by atoms with E-state index < -0.39 is 6.61 Å². The topological polar surface area (TPSA) is 55.4 Å². The number of anilines is 1. The Balaban J connectivity index is 1.66. The first-order valence-electron chi connectivity index (χ1n) is 8.09. The molecule has 0 saturated heterocycles. The minimum Gasteiger partial charge on any atom is -0.435 e.